The second-order valence-corrected chi connectivity index (χ2v) is 8.21. The highest BCUT2D eigenvalue weighted by molar-refractivity contribution is 6.10. The predicted molar refractivity (Wildman–Crippen MR) is 111 cm³/mol. The van der Waals surface area contributed by atoms with Gasteiger partial charge in [-0.2, -0.15) is 0 Å². The molecule has 4 rings (SSSR count). The number of aryl methyl sites for hydroxylation is 4. The summed E-state index contributed by atoms with van der Waals surface area (Å²) in [5.41, 5.74) is 4.85. The Morgan fingerprint density at radius 3 is 2.48 bits per heavy atom. The van der Waals surface area contributed by atoms with Crippen LogP contribution in [0, 0.1) is 13.8 Å². The summed E-state index contributed by atoms with van der Waals surface area (Å²) >= 11 is 0. The molecule has 0 unspecified atom stereocenters. The number of anilines is 1. The number of benzene rings is 2. The van der Waals surface area contributed by atoms with Gasteiger partial charge in [-0.25, -0.2) is 4.79 Å². The molecule has 150 valence electrons. The van der Waals surface area contributed by atoms with E-state index in [1.54, 1.807) is 6.92 Å². The van der Waals surface area contributed by atoms with Crippen molar-refractivity contribution in [2.75, 3.05) is 11.9 Å². The van der Waals surface area contributed by atoms with E-state index in [-0.39, 0.29) is 6.54 Å². The highest BCUT2D eigenvalue weighted by atomic mass is 16.2. The summed E-state index contributed by atoms with van der Waals surface area (Å²) in [5, 5.41) is 5.56. The van der Waals surface area contributed by atoms with Crippen LogP contribution >= 0.6 is 0 Å². The van der Waals surface area contributed by atoms with E-state index in [1.807, 2.05) is 50.2 Å². The van der Waals surface area contributed by atoms with Crippen molar-refractivity contribution in [1.29, 1.82) is 0 Å². The van der Waals surface area contributed by atoms with E-state index in [0.29, 0.717) is 5.69 Å². The normalized spacial score (nSPS) is 20.6. The van der Waals surface area contributed by atoms with Gasteiger partial charge in [-0.05, 0) is 80.0 Å². The van der Waals surface area contributed by atoms with Crippen molar-refractivity contribution >= 4 is 23.5 Å². The second-order valence-electron chi connectivity index (χ2n) is 8.21. The highest BCUT2D eigenvalue weighted by Crippen LogP contribution is 2.32. The molecular formula is C23H25N3O3. The molecular weight excluding hydrogens is 366 g/mol. The van der Waals surface area contributed by atoms with Gasteiger partial charge in [-0.3, -0.25) is 14.5 Å². The van der Waals surface area contributed by atoms with Crippen LogP contribution in [0.3, 0.4) is 0 Å². The van der Waals surface area contributed by atoms with Crippen LogP contribution in [0.5, 0.6) is 0 Å². The van der Waals surface area contributed by atoms with Crippen LogP contribution in [0.4, 0.5) is 10.5 Å². The van der Waals surface area contributed by atoms with Gasteiger partial charge in [0.1, 0.15) is 12.1 Å². The molecule has 1 aliphatic carbocycles. The molecule has 1 aliphatic heterocycles. The molecule has 2 N–H and O–H groups in total. The molecule has 0 bridgehead atoms. The van der Waals surface area contributed by atoms with E-state index in [9.17, 15) is 14.4 Å². The van der Waals surface area contributed by atoms with Crippen molar-refractivity contribution < 1.29 is 14.4 Å². The number of carbonyl (C=O) groups excluding carboxylic acids is 3. The first-order valence-electron chi connectivity index (χ1n) is 9.91. The zero-order chi connectivity index (χ0) is 20.8. The number of hydrogen-bond acceptors (Lipinski definition) is 3. The predicted octanol–water partition coefficient (Wildman–Crippen LogP) is 3.20. The third-order valence-corrected chi connectivity index (χ3v) is 5.76. The molecule has 1 fully saturated rings. The summed E-state index contributed by atoms with van der Waals surface area (Å²) in [4.78, 5) is 39.1. The Kier molecular flexibility index (Phi) is 4.65. The summed E-state index contributed by atoms with van der Waals surface area (Å²) in [7, 11) is 0. The Morgan fingerprint density at radius 1 is 1.07 bits per heavy atom. The average Bonchev–Trinajstić information content (AvgIpc) is 3.19. The first-order chi connectivity index (χ1) is 13.8. The van der Waals surface area contributed by atoms with Gasteiger partial charge in [-0.15, -0.1) is 0 Å². The van der Waals surface area contributed by atoms with Gasteiger partial charge in [-0.1, -0.05) is 24.3 Å². The molecule has 2 aromatic rings. The van der Waals surface area contributed by atoms with E-state index in [4.69, 9.17) is 0 Å². The van der Waals surface area contributed by atoms with Crippen LogP contribution in [0.25, 0.3) is 0 Å². The van der Waals surface area contributed by atoms with E-state index in [1.165, 1.54) is 11.1 Å². The fraction of sp³-hybridized carbons (Fsp3) is 0.348. The van der Waals surface area contributed by atoms with Crippen molar-refractivity contribution in [3.8, 4) is 0 Å². The number of carbonyl (C=O) groups is 3. The quantitative estimate of drug-likeness (QED) is 0.786. The van der Waals surface area contributed by atoms with Crippen molar-refractivity contribution in [2.24, 2.45) is 0 Å². The van der Waals surface area contributed by atoms with Crippen molar-refractivity contribution in [3.05, 3.63) is 64.2 Å². The molecule has 2 aromatic carbocycles. The lowest BCUT2D eigenvalue weighted by atomic mass is 9.89. The first kappa shape index (κ1) is 19.2. The monoisotopic (exact) mass is 391 g/mol. The number of nitrogens with one attached hydrogen (secondary N) is 2. The molecule has 0 aromatic heterocycles. The van der Waals surface area contributed by atoms with Gasteiger partial charge >= 0.3 is 6.03 Å². The molecule has 0 spiro atoms. The Hall–Kier alpha value is -3.15. The maximum Gasteiger partial charge on any atom is 0.325 e. The van der Waals surface area contributed by atoms with Crippen LogP contribution in [-0.2, 0) is 28.0 Å². The zero-order valence-electron chi connectivity index (χ0n) is 17.0. The number of fused-ring (bicyclic) bond motifs is 1. The van der Waals surface area contributed by atoms with Gasteiger partial charge in [0.2, 0.25) is 5.91 Å². The maximum absolute atomic E-state index is 13.1. The van der Waals surface area contributed by atoms with Crippen molar-refractivity contribution in [1.82, 2.24) is 10.2 Å². The van der Waals surface area contributed by atoms with E-state index in [0.717, 1.165) is 40.9 Å². The summed E-state index contributed by atoms with van der Waals surface area (Å²) < 4.78 is 0. The van der Waals surface area contributed by atoms with Crippen LogP contribution in [-0.4, -0.2) is 29.3 Å². The molecule has 6 nitrogen and oxygen atoms in total. The lowest BCUT2D eigenvalue weighted by Crippen LogP contribution is -2.42. The van der Waals surface area contributed by atoms with E-state index >= 15 is 0 Å². The topological polar surface area (TPSA) is 78.5 Å². The third kappa shape index (κ3) is 3.50. The fourth-order valence-corrected chi connectivity index (χ4v) is 4.31. The number of urea groups is 1. The summed E-state index contributed by atoms with van der Waals surface area (Å²) in [6.07, 6.45) is 3.15. The first-order valence-corrected chi connectivity index (χ1v) is 9.91. The van der Waals surface area contributed by atoms with Gasteiger partial charge in [0.15, 0.2) is 0 Å². The van der Waals surface area contributed by atoms with Gasteiger partial charge in [0.05, 0.1) is 0 Å². The SMILES string of the molecule is Cc1cc(C)cc(NC(=O)CN2C(=O)N[C@](C)(c3ccc4c(c3)CCC4)C2=O)c1. The van der Waals surface area contributed by atoms with Crippen LogP contribution in [0.2, 0.25) is 0 Å². The fourth-order valence-electron chi connectivity index (χ4n) is 4.31. The third-order valence-electron chi connectivity index (χ3n) is 5.76. The number of nitrogens with zero attached hydrogens (tertiary/aromatic N) is 1. The van der Waals surface area contributed by atoms with E-state index in [2.05, 4.69) is 10.6 Å². The largest absolute Gasteiger partial charge is 0.325 e. The van der Waals surface area contributed by atoms with Crippen molar-refractivity contribution in [3.63, 3.8) is 0 Å². The molecule has 6 heteroatoms. The van der Waals surface area contributed by atoms with Crippen LogP contribution in [0.15, 0.2) is 36.4 Å². The minimum Gasteiger partial charge on any atom is -0.325 e. The molecule has 29 heavy (non-hydrogen) atoms. The highest BCUT2D eigenvalue weighted by Gasteiger charge is 2.49. The Balaban J connectivity index is 1.51. The number of amides is 4. The summed E-state index contributed by atoms with van der Waals surface area (Å²) in [6.45, 7) is 5.27. The molecule has 1 saturated heterocycles. The molecule has 0 radical (unpaired) electrons. The Bertz CT molecular complexity index is 1010. The molecule has 2 aliphatic rings. The number of hydrogen-bond donors (Lipinski definition) is 2. The maximum atomic E-state index is 13.1. The zero-order valence-corrected chi connectivity index (χ0v) is 17.0. The summed E-state index contributed by atoms with van der Waals surface area (Å²) in [5.74, 6) is -0.812. The standard InChI is InChI=1S/C23H25N3O3/c1-14-9-15(2)11-19(10-14)24-20(27)13-26-21(28)23(3,25-22(26)29)18-8-7-16-5-4-6-17(16)12-18/h7-12H,4-6,13H2,1-3H3,(H,24,27)(H,25,29)/t23-/m1/s1. The average molecular weight is 391 g/mol. The molecule has 1 atom stereocenters. The summed E-state index contributed by atoms with van der Waals surface area (Å²) in [6, 6.07) is 11.1. The van der Waals surface area contributed by atoms with E-state index < -0.39 is 23.4 Å². The number of rotatable bonds is 4. The number of imide groups is 1. The minimum absolute atomic E-state index is 0.321. The Morgan fingerprint density at radius 2 is 1.76 bits per heavy atom. The lowest BCUT2D eigenvalue weighted by Gasteiger charge is -2.23. The Labute approximate surface area is 170 Å². The second kappa shape index (κ2) is 7.03. The van der Waals surface area contributed by atoms with Crippen molar-refractivity contribution in [2.45, 2.75) is 45.6 Å². The lowest BCUT2D eigenvalue weighted by molar-refractivity contribution is -0.133. The molecule has 4 amide bonds. The van der Waals surface area contributed by atoms with Gasteiger partial charge in [0.25, 0.3) is 5.91 Å². The van der Waals surface area contributed by atoms with Crippen LogP contribution < -0.4 is 10.6 Å². The van der Waals surface area contributed by atoms with Crippen LogP contribution in [0.1, 0.15) is 41.2 Å². The molecule has 0 saturated carbocycles. The molecule has 1 heterocycles. The minimum atomic E-state index is -1.16. The smallest absolute Gasteiger partial charge is 0.325 e. The van der Waals surface area contributed by atoms with Gasteiger partial charge in [0, 0.05) is 5.69 Å². The van der Waals surface area contributed by atoms with Gasteiger partial charge < -0.3 is 10.6 Å².